The largest absolute Gasteiger partial charge is 0.421 e. The summed E-state index contributed by atoms with van der Waals surface area (Å²) in [4.78, 5) is 32.2. The highest BCUT2D eigenvalue weighted by atomic mass is 19.1. The maximum atomic E-state index is 13.9. The molecule has 2 aromatic heterocycles. The van der Waals surface area contributed by atoms with E-state index >= 15 is 0 Å². The Morgan fingerprint density at radius 2 is 1.93 bits per heavy atom. The first kappa shape index (κ1) is 21.1. The van der Waals surface area contributed by atoms with Crippen molar-refractivity contribution in [2.24, 2.45) is 11.7 Å². The van der Waals surface area contributed by atoms with Gasteiger partial charge in [0.2, 0.25) is 0 Å². The zero-order valence-corrected chi connectivity index (χ0v) is 16.6. The first-order valence-electron chi connectivity index (χ1n) is 9.17. The lowest BCUT2D eigenvalue weighted by Gasteiger charge is -2.13. The first-order valence-corrected chi connectivity index (χ1v) is 9.17. The summed E-state index contributed by atoms with van der Waals surface area (Å²) in [5, 5.41) is 0. The van der Waals surface area contributed by atoms with Gasteiger partial charge in [-0.15, -0.1) is 0 Å². The Labute approximate surface area is 171 Å². The molecule has 156 valence electrons. The number of hydrogen-bond acceptors (Lipinski definition) is 5. The molecule has 2 N–H and O–H groups in total. The maximum Gasteiger partial charge on any atom is 0.323 e. The minimum absolute atomic E-state index is 0.138. The molecule has 0 radical (unpaired) electrons. The molecule has 0 atom stereocenters. The predicted octanol–water partition coefficient (Wildman–Crippen LogP) is 3.44. The Balaban J connectivity index is 2.10. The third-order valence-corrected chi connectivity index (χ3v) is 4.18. The van der Waals surface area contributed by atoms with Gasteiger partial charge in [0.25, 0.3) is 11.5 Å². The van der Waals surface area contributed by atoms with Crippen LogP contribution in [-0.4, -0.2) is 20.4 Å². The van der Waals surface area contributed by atoms with E-state index in [4.69, 9.17) is 10.5 Å². The molecule has 30 heavy (non-hydrogen) atoms. The number of aromatic nitrogens is 3. The predicted molar refractivity (Wildman–Crippen MR) is 106 cm³/mol. The van der Waals surface area contributed by atoms with Crippen LogP contribution in [0, 0.1) is 24.5 Å². The lowest BCUT2D eigenvalue weighted by molar-refractivity contribution is 0.0994. The van der Waals surface area contributed by atoms with Crippen LogP contribution in [0.5, 0.6) is 11.8 Å². The highest BCUT2D eigenvalue weighted by Crippen LogP contribution is 2.26. The summed E-state index contributed by atoms with van der Waals surface area (Å²) in [6, 6.07) is 5.38. The van der Waals surface area contributed by atoms with Crippen LogP contribution in [0.1, 0.15) is 29.9 Å². The van der Waals surface area contributed by atoms with Gasteiger partial charge in [0.05, 0.1) is 5.69 Å². The topological polar surface area (TPSA) is 100 Å². The van der Waals surface area contributed by atoms with Gasteiger partial charge in [-0.3, -0.25) is 9.59 Å². The lowest BCUT2D eigenvalue weighted by Crippen LogP contribution is -2.24. The molecule has 0 saturated carbocycles. The molecule has 0 fully saturated rings. The first-order chi connectivity index (χ1) is 14.1. The standard InChI is InChI=1S/C21H20F2N4O3/c1-11(2)9-27-10-13(6-12(3)20(27)29)16-8-17(19(24)28)26-21(25-16)30-18-5-4-14(22)7-15(18)23/h4-8,10-11H,9H2,1-3H3,(H2,24,28). The van der Waals surface area contributed by atoms with Gasteiger partial charge in [-0.2, -0.15) is 9.97 Å². The fourth-order valence-corrected chi connectivity index (χ4v) is 2.86. The Bertz CT molecular complexity index is 1180. The van der Waals surface area contributed by atoms with E-state index in [-0.39, 0.29) is 34.6 Å². The van der Waals surface area contributed by atoms with E-state index in [9.17, 15) is 18.4 Å². The van der Waals surface area contributed by atoms with Crippen molar-refractivity contribution in [3.8, 4) is 23.0 Å². The number of pyridine rings is 1. The average Bonchev–Trinajstić information content (AvgIpc) is 2.67. The Morgan fingerprint density at radius 1 is 1.20 bits per heavy atom. The minimum Gasteiger partial charge on any atom is -0.421 e. The van der Waals surface area contributed by atoms with Crippen LogP contribution in [0.25, 0.3) is 11.3 Å². The molecule has 0 aliphatic heterocycles. The molecular formula is C21H20F2N4O3. The van der Waals surface area contributed by atoms with Crippen LogP contribution in [0.3, 0.4) is 0 Å². The molecule has 3 aromatic rings. The zero-order chi connectivity index (χ0) is 22.0. The second-order valence-corrected chi connectivity index (χ2v) is 7.23. The van der Waals surface area contributed by atoms with Gasteiger partial charge in [0.15, 0.2) is 11.6 Å². The molecule has 2 heterocycles. The number of nitrogens with zero attached hydrogens (tertiary/aromatic N) is 3. The van der Waals surface area contributed by atoms with Gasteiger partial charge in [0.1, 0.15) is 11.5 Å². The average molecular weight is 414 g/mol. The van der Waals surface area contributed by atoms with Crippen LogP contribution in [-0.2, 0) is 6.54 Å². The van der Waals surface area contributed by atoms with Crippen molar-refractivity contribution in [2.75, 3.05) is 0 Å². The molecule has 9 heteroatoms. The van der Waals surface area contributed by atoms with Gasteiger partial charge < -0.3 is 15.0 Å². The fourth-order valence-electron chi connectivity index (χ4n) is 2.86. The van der Waals surface area contributed by atoms with Gasteiger partial charge >= 0.3 is 6.01 Å². The maximum absolute atomic E-state index is 13.9. The third-order valence-electron chi connectivity index (χ3n) is 4.18. The van der Waals surface area contributed by atoms with Crippen molar-refractivity contribution in [2.45, 2.75) is 27.3 Å². The number of hydrogen-bond donors (Lipinski definition) is 1. The second-order valence-electron chi connectivity index (χ2n) is 7.23. The van der Waals surface area contributed by atoms with Crippen LogP contribution >= 0.6 is 0 Å². The molecule has 0 saturated heterocycles. The number of rotatable bonds is 6. The fraction of sp³-hybridized carbons (Fsp3) is 0.238. The van der Waals surface area contributed by atoms with Crippen LogP contribution in [0.4, 0.5) is 8.78 Å². The number of amides is 1. The number of aryl methyl sites for hydroxylation is 1. The summed E-state index contributed by atoms with van der Waals surface area (Å²) in [7, 11) is 0. The highest BCUT2D eigenvalue weighted by Gasteiger charge is 2.16. The monoisotopic (exact) mass is 414 g/mol. The number of carbonyl (C=O) groups excluding carboxylic acids is 1. The Morgan fingerprint density at radius 3 is 2.57 bits per heavy atom. The lowest BCUT2D eigenvalue weighted by atomic mass is 10.1. The Hall–Kier alpha value is -3.62. The number of halogens is 2. The van der Waals surface area contributed by atoms with E-state index in [1.165, 1.54) is 6.07 Å². The number of nitrogens with two attached hydrogens (primary N) is 1. The molecule has 0 spiro atoms. The molecular weight excluding hydrogens is 394 g/mol. The molecule has 0 aliphatic carbocycles. The van der Waals surface area contributed by atoms with Crippen LogP contribution in [0.2, 0.25) is 0 Å². The number of benzene rings is 1. The van der Waals surface area contributed by atoms with E-state index in [1.807, 2.05) is 13.8 Å². The summed E-state index contributed by atoms with van der Waals surface area (Å²) in [5.41, 5.74) is 6.34. The van der Waals surface area contributed by atoms with Crippen molar-refractivity contribution in [3.63, 3.8) is 0 Å². The molecule has 1 aromatic carbocycles. The van der Waals surface area contributed by atoms with Gasteiger partial charge in [-0.1, -0.05) is 13.8 Å². The summed E-state index contributed by atoms with van der Waals surface area (Å²) < 4.78 is 33.9. The summed E-state index contributed by atoms with van der Waals surface area (Å²) >= 11 is 0. The quantitative estimate of drug-likeness (QED) is 0.666. The van der Waals surface area contributed by atoms with Crippen LogP contribution < -0.4 is 16.0 Å². The van der Waals surface area contributed by atoms with Crippen molar-refractivity contribution in [1.29, 1.82) is 0 Å². The van der Waals surface area contributed by atoms with E-state index < -0.39 is 17.5 Å². The van der Waals surface area contributed by atoms with E-state index in [0.29, 0.717) is 23.7 Å². The van der Waals surface area contributed by atoms with Crippen molar-refractivity contribution in [1.82, 2.24) is 14.5 Å². The highest BCUT2D eigenvalue weighted by molar-refractivity contribution is 5.91. The SMILES string of the molecule is Cc1cc(-c2cc(C(N)=O)nc(Oc3ccc(F)cc3F)n2)cn(CC(C)C)c1=O. The molecule has 0 unspecified atom stereocenters. The zero-order valence-electron chi connectivity index (χ0n) is 16.6. The summed E-state index contributed by atoms with van der Waals surface area (Å²) in [6.07, 6.45) is 1.62. The third kappa shape index (κ3) is 4.68. The Kier molecular flexibility index (Phi) is 5.91. The number of primary amides is 1. The van der Waals surface area contributed by atoms with E-state index in [2.05, 4.69) is 9.97 Å². The number of ether oxygens (including phenoxy) is 1. The van der Waals surface area contributed by atoms with E-state index in [0.717, 1.165) is 12.1 Å². The smallest absolute Gasteiger partial charge is 0.323 e. The van der Waals surface area contributed by atoms with E-state index in [1.54, 1.807) is 23.8 Å². The summed E-state index contributed by atoms with van der Waals surface area (Å²) in [5.74, 6) is -2.65. The van der Waals surface area contributed by atoms with Crippen LogP contribution in [0.15, 0.2) is 41.3 Å². The van der Waals surface area contributed by atoms with Gasteiger partial charge in [-0.25, -0.2) is 8.78 Å². The summed E-state index contributed by atoms with van der Waals surface area (Å²) in [6.45, 7) is 6.12. The molecule has 0 aliphatic rings. The second kappa shape index (κ2) is 8.40. The number of carbonyl (C=O) groups is 1. The van der Waals surface area contributed by atoms with Gasteiger partial charge in [0, 0.05) is 29.9 Å². The van der Waals surface area contributed by atoms with Crippen molar-refractivity contribution >= 4 is 5.91 Å². The van der Waals surface area contributed by atoms with Crippen molar-refractivity contribution < 1.29 is 18.3 Å². The van der Waals surface area contributed by atoms with Crippen molar-refractivity contribution in [3.05, 3.63) is 69.8 Å². The van der Waals surface area contributed by atoms with Gasteiger partial charge in [-0.05, 0) is 37.1 Å². The molecule has 1 amide bonds. The normalized spacial score (nSPS) is 11.0. The molecule has 3 rings (SSSR count). The minimum atomic E-state index is -0.953. The molecule has 7 nitrogen and oxygen atoms in total. The molecule has 0 bridgehead atoms.